The second kappa shape index (κ2) is 14.7. The van der Waals surface area contributed by atoms with Crippen molar-refractivity contribution in [3.63, 3.8) is 0 Å². The van der Waals surface area contributed by atoms with Gasteiger partial charge in [0.1, 0.15) is 17.1 Å². The Morgan fingerprint density at radius 3 is 2.61 bits per heavy atom. The number of tetrazole rings is 1. The van der Waals surface area contributed by atoms with E-state index in [-0.39, 0.29) is 53.7 Å². The Hall–Kier alpha value is -1.58. The molecule has 1 unspecified atom stereocenters. The highest BCUT2D eigenvalue weighted by molar-refractivity contribution is 8.01. The van der Waals surface area contributed by atoms with E-state index in [0.717, 1.165) is 44.2 Å². The van der Waals surface area contributed by atoms with Gasteiger partial charge >= 0.3 is 11.9 Å². The zero-order valence-corrected chi connectivity index (χ0v) is 24.9. The summed E-state index contributed by atoms with van der Waals surface area (Å²) in [6.07, 6.45) is 3.63. The van der Waals surface area contributed by atoms with Crippen molar-refractivity contribution in [1.82, 2.24) is 30.0 Å². The molecule has 0 radical (unpaired) electrons. The average molecular weight is 613 g/mol. The van der Waals surface area contributed by atoms with E-state index in [1.165, 1.54) is 35.3 Å². The number of halogens is 2. The number of carbonyl (C=O) groups is 3. The zero-order valence-electron chi connectivity index (χ0n) is 21.6. The number of thioether (sulfide) groups is 2. The first-order valence-corrected chi connectivity index (χ1v) is 14.2. The van der Waals surface area contributed by atoms with E-state index in [9.17, 15) is 14.4 Å². The summed E-state index contributed by atoms with van der Waals surface area (Å²) >= 11 is 2.89. The molecule has 1 aromatic heterocycles. The number of likely N-dealkylation sites (N-methyl/N-ethyl adjacent to an activating group) is 1. The van der Waals surface area contributed by atoms with Crippen LogP contribution >= 0.6 is 48.3 Å². The van der Waals surface area contributed by atoms with Crippen LogP contribution in [0.1, 0.15) is 39.0 Å². The van der Waals surface area contributed by atoms with Crippen LogP contribution in [0.25, 0.3) is 0 Å². The Morgan fingerprint density at radius 2 is 1.92 bits per heavy atom. The molecule has 3 atom stereocenters. The zero-order chi connectivity index (χ0) is 25.8. The summed E-state index contributed by atoms with van der Waals surface area (Å²) in [4.78, 5) is 41.7. The van der Waals surface area contributed by atoms with Crippen LogP contribution in [0.3, 0.4) is 0 Å². The van der Waals surface area contributed by atoms with Gasteiger partial charge < -0.3 is 20.1 Å². The van der Waals surface area contributed by atoms with E-state index in [1.54, 1.807) is 4.68 Å². The van der Waals surface area contributed by atoms with E-state index in [1.807, 2.05) is 19.0 Å². The quantitative estimate of drug-likeness (QED) is 0.178. The molecule has 214 valence electrons. The molecule has 1 saturated carbocycles. The highest BCUT2D eigenvalue weighted by Gasteiger charge is 2.52. The van der Waals surface area contributed by atoms with Crippen molar-refractivity contribution in [3.8, 4) is 0 Å². The topological polar surface area (TPSA) is 146 Å². The van der Waals surface area contributed by atoms with Gasteiger partial charge in [-0.2, -0.15) is 0 Å². The number of esters is 2. The van der Waals surface area contributed by atoms with Crippen LogP contribution in [0, 0.1) is 5.92 Å². The minimum absolute atomic E-state index is 0. The Kier molecular flexibility index (Phi) is 12.6. The maximum atomic E-state index is 13.2. The number of fused-ring (bicyclic) bond motifs is 1. The third kappa shape index (κ3) is 7.54. The fourth-order valence-electron chi connectivity index (χ4n) is 4.39. The number of carbonyl (C=O) groups excluding carboxylic acids is 3. The number of ether oxygens (including phenoxy) is 2. The molecule has 12 nitrogen and oxygen atoms in total. The first-order valence-electron chi connectivity index (χ1n) is 12.1. The molecule has 3 aliphatic rings. The molecule has 2 fully saturated rings. The lowest BCUT2D eigenvalue weighted by Gasteiger charge is -2.48. The minimum atomic E-state index is -1.07. The van der Waals surface area contributed by atoms with Crippen molar-refractivity contribution in [2.45, 2.75) is 68.4 Å². The maximum Gasteiger partial charge on any atom is 0.358 e. The van der Waals surface area contributed by atoms with Crippen molar-refractivity contribution in [3.05, 3.63) is 11.3 Å². The van der Waals surface area contributed by atoms with Crippen LogP contribution < -0.4 is 5.73 Å². The number of aromatic nitrogens is 4. The predicted octanol–water partition coefficient (Wildman–Crippen LogP) is 1.68. The van der Waals surface area contributed by atoms with Crippen LogP contribution in [-0.2, 0) is 30.4 Å². The number of amides is 1. The molecule has 1 aliphatic carbocycles. The van der Waals surface area contributed by atoms with Crippen molar-refractivity contribution in [2.75, 3.05) is 32.1 Å². The molecule has 2 aliphatic heterocycles. The van der Waals surface area contributed by atoms with Gasteiger partial charge in [0.2, 0.25) is 17.4 Å². The van der Waals surface area contributed by atoms with Gasteiger partial charge in [-0.15, -0.1) is 41.7 Å². The van der Waals surface area contributed by atoms with E-state index in [0.29, 0.717) is 23.2 Å². The summed E-state index contributed by atoms with van der Waals surface area (Å²) < 4.78 is 12.6. The largest absolute Gasteiger partial charge is 0.425 e. The first kappa shape index (κ1) is 32.6. The Bertz CT molecular complexity index is 1020. The van der Waals surface area contributed by atoms with Crippen molar-refractivity contribution in [2.24, 2.45) is 11.7 Å². The maximum absolute atomic E-state index is 13.2. The SMILES string of the molecule is CC(OC(=O)C1=C(CSc2nnnn2CCN(C)C)CS[C@H]2[C@H](N)C(=O)N12)OC(=O)C1CCCCC1.Cl.Cl. The van der Waals surface area contributed by atoms with E-state index < -0.39 is 18.3 Å². The Morgan fingerprint density at radius 1 is 1.21 bits per heavy atom. The lowest BCUT2D eigenvalue weighted by molar-refractivity contribution is -0.187. The molecule has 4 rings (SSSR count). The van der Waals surface area contributed by atoms with Crippen molar-refractivity contribution >= 4 is 66.2 Å². The smallest absolute Gasteiger partial charge is 0.358 e. The third-order valence-corrected chi connectivity index (χ3v) is 8.81. The van der Waals surface area contributed by atoms with E-state index >= 15 is 0 Å². The van der Waals surface area contributed by atoms with E-state index in [2.05, 4.69) is 15.5 Å². The highest BCUT2D eigenvalue weighted by Crippen LogP contribution is 2.41. The van der Waals surface area contributed by atoms with Gasteiger partial charge in [-0.25, -0.2) is 9.48 Å². The van der Waals surface area contributed by atoms with Crippen LogP contribution in [0.5, 0.6) is 0 Å². The number of β-lactam (4-membered cyclic amide) rings is 1. The van der Waals surface area contributed by atoms with Gasteiger partial charge in [0.05, 0.1) is 12.5 Å². The minimum Gasteiger partial charge on any atom is -0.425 e. The fourth-order valence-corrected chi connectivity index (χ4v) is 6.73. The molecule has 1 amide bonds. The number of nitrogens with two attached hydrogens (primary N) is 1. The van der Waals surface area contributed by atoms with Gasteiger partial charge in [0.25, 0.3) is 0 Å². The standard InChI is InChI=1S/C22H33N7O5S2.2ClH/c1-13(33-20(31)14-7-5-4-6-8-14)34-21(32)17-15(11-35-19-16(23)18(30)29(17)19)12-36-22-24-25-26-28(22)10-9-27(2)3;;/h13-14,16,19H,4-12,23H2,1-3H3;2*1H/t13?,16-,19+;;/m1../s1. The van der Waals surface area contributed by atoms with Gasteiger partial charge in [0.15, 0.2) is 0 Å². The molecule has 2 N–H and O–H groups in total. The van der Waals surface area contributed by atoms with E-state index in [4.69, 9.17) is 15.2 Å². The summed E-state index contributed by atoms with van der Waals surface area (Å²) in [6, 6.07) is -0.660. The van der Waals surface area contributed by atoms with Crippen LogP contribution in [0.15, 0.2) is 16.4 Å². The number of nitrogens with zero attached hydrogens (tertiary/aromatic N) is 6. The third-order valence-electron chi connectivity index (χ3n) is 6.41. The predicted molar refractivity (Wildman–Crippen MR) is 148 cm³/mol. The molecule has 0 aromatic carbocycles. The molecular formula is C22H35Cl2N7O5S2. The molecule has 38 heavy (non-hydrogen) atoms. The molecule has 0 spiro atoms. The van der Waals surface area contributed by atoms with Crippen LogP contribution in [0.4, 0.5) is 0 Å². The van der Waals surface area contributed by atoms with Crippen LogP contribution in [-0.4, -0.2) is 97.7 Å². The van der Waals surface area contributed by atoms with Crippen molar-refractivity contribution < 1.29 is 23.9 Å². The highest BCUT2D eigenvalue weighted by atomic mass is 35.5. The van der Waals surface area contributed by atoms with Gasteiger partial charge in [-0.3, -0.25) is 14.5 Å². The second-order valence-electron chi connectivity index (χ2n) is 9.41. The average Bonchev–Trinajstić information content (AvgIpc) is 3.32. The molecule has 1 saturated heterocycles. The van der Waals surface area contributed by atoms with Gasteiger partial charge in [-0.1, -0.05) is 31.0 Å². The van der Waals surface area contributed by atoms with Crippen LogP contribution in [0.2, 0.25) is 0 Å². The Balaban J connectivity index is 0.00000253. The molecular weight excluding hydrogens is 577 g/mol. The molecule has 1 aromatic rings. The summed E-state index contributed by atoms with van der Waals surface area (Å²) in [5, 5.41) is 12.2. The normalized spacial score (nSPS) is 22.1. The molecule has 3 heterocycles. The number of rotatable bonds is 10. The lowest BCUT2D eigenvalue weighted by Crippen LogP contribution is -2.68. The molecule has 0 bridgehead atoms. The first-order chi connectivity index (χ1) is 17.3. The molecule has 16 heteroatoms. The van der Waals surface area contributed by atoms with Gasteiger partial charge in [0, 0.05) is 25.0 Å². The van der Waals surface area contributed by atoms with Gasteiger partial charge in [-0.05, 0) is 42.9 Å². The number of hydrogen-bond donors (Lipinski definition) is 1. The Labute approximate surface area is 242 Å². The summed E-state index contributed by atoms with van der Waals surface area (Å²) in [6.45, 7) is 2.91. The summed E-state index contributed by atoms with van der Waals surface area (Å²) in [7, 11) is 3.94. The summed E-state index contributed by atoms with van der Waals surface area (Å²) in [5.74, 6) is -0.633. The second-order valence-corrected chi connectivity index (χ2v) is 11.5. The number of hydrogen-bond acceptors (Lipinski definition) is 12. The fraction of sp³-hybridized carbons (Fsp3) is 0.727. The monoisotopic (exact) mass is 611 g/mol. The summed E-state index contributed by atoms with van der Waals surface area (Å²) in [5.41, 5.74) is 6.86. The van der Waals surface area contributed by atoms with Crippen molar-refractivity contribution in [1.29, 1.82) is 0 Å². The lowest BCUT2D eigenvalue weighted by atomic mass is 9.89.